The minimum Gasteiger partial charge on any atom is -0.491 e. The lowest BCUT2D eigenvalue weighted by Gasteiger charge is -2.16. The number of halogens is 2. The van der Waals surface area contributed by atoms with Gasteiger partial charge in [-0.1, -0.05) is 12.1 Å². The van der Waals surface area contributed by atoms with Gasteiger partial charge in [-0.2, -0.15) is 8.78 Å². The topological polar surface area (TPSA) is 72.7 Å². The van der Waals surface area contributed by atoms with E-state index in [2.05, 4.69) is 20.6 Å². The molecule has 0 radical (unpaired) electrons. The summed E-state index contributed by atoms with van der Waals surface area (Å²) in [7, 11) is 1.61. The van der Waals surface area contributed by atoms with Crippen molar-refractivity contribution in [3.63, 3.8) is 0 Å². The third kappa shape index (κ3) is 6.49. The van der Waals surface area contributed by atoms with Crippen molar-refractivity contribution in [3.8, 4) is 5.75 Å². The molecule has 0 saturated heterocycles. The van der Waals surface area contributed by atoms with E-state index in [1.54, 1.807) is 7.05 Å². The molecular formula is C19H27F2N5O2. The van der Waals surface area contributed by atoms with Crippen LogP contribution >= 0.6 is 0 Å². The van der Waals surface area contributed by atoms with E-state index in [9.17, 15) is 8.78 Å². The molecule has 0 aliphatic rings. The van der Waals surface area contributed by atoms with Crippen molar-refractivity contribution >= 4 is 5.96 Å². The summed E-state index contributed by atoms with van der Waals surface area (Å²) in [5.41, 5.74) is 2.05. The molecule has 0 atom stereocenters. The standard InChI is InChI=1S/C19H27F2N5O2/c1-4-27-9-10-28-16-11-14(2)5-6-15(16)12-24-19(22-3)25-13-17-23-7-8-26(17)18(20)21/h5-8,11,18H,4,9-10,12-13H2,1-3H3,(H2,22,24,25). The maximum Gasteiger partial charge on any atom is 0.319 e. The number of hydrogen-bond acceptors (Lipinski definition) is 4. The van der Waals surface area contributed by atoms with Crippen molar-refractivity contribution in [2.24, 2.45) is 4.99 Å². The molecule has 0 bridgehead atoms. The maximum absolute atomic E-state index is 12.9. The predicted molar refractivity (Wildman–Crippen MR) is 104 cm³/mol. The monoisotopic (exact) mass is 395 g/mol. The van der Waals surface area contributed by atoms with Crippen LogP contribution in [0.5, 0.6) is 5.75 Å². The summed E-state index contributed by atoms with van der Waals surface area (Å²) in [4.78, 5) is 8.06. The molecule has 2 rings (SSSR count). The van der Waals surface area contributed by atoms with Crippen molar-refractivity contribution < 1.29 is 18.3 Å². The first kappa shape index (κ1) is 21.6. The highest BCUT2D eigenvalue weighted by atomic mass is 19.3. The first-order chi connectivity index (χ1) is 13.5. The van der Waals surface area contributed by atoms with E-state index in [1.807, 2.05) is 32.0 Å². The molecule has 7 nitrogen and oxygen atoms in total. The smallest absolute Gasteiger partial charge is 0.319 e. The molecule has 1 aromatic carbocycles. The molecule has 1 aromatic heterocycles. The van der Waals surface area contributed by atoms with Gasteiger partial charge in [-0.05, 0) is 25.5 Å². The minimum absolute atomic E-state index is 0.128. The number of aliphatic imine (C=N–C) groups is 1. The second-order valence-corrected chi connectivity index (χ2v) is 5.96. The highest BCUT2D eigenvalue weighted by molar-refractivity contribution is 5.79. The van der Waals surface area contributed by atoms with Gasteiger partial charge in [0.05, 0.1) is 13.2 Å². The molecule has 154 valence electrons. The van der Waals surface area contributed by atoms with Gasteiger partial charge in [0.2, 0.25) is 0 Å². The molecule has 0 unspecified atom stereocenters. The van der Waals surface area contributed by atoms with Crippen molar-refractivity contribution in [1.29, 1.82) is 0 Å². The van der Waals surface area contributed by atoms with Crippen molar-refractivity contribution in [2.75, 3.05) is 26.9 Å². The Hall–Kier alpha value is -2.68. The van der Waals surface area contributed by atoms with E-state index in [-0.39, 0.29) is 12.4 Å². The van der Waals surface area contributed by atoms with Gasteiger partial charge in [0, 0.05) is 38.2 Å². The fraction of sp³-hybridized carbons (Fsp3) is 0.474. The van der Waals surface area contributed by atoms with Crippen LogP contribution in [0, 0.1) is 6.92 Å². The fourth-order valence-corrected chi connectivity index (χ4v) is 2.52. The Balaban J connectivity index is 1.92. The number of aromatic nitrogens is 2. The normalized spacial score (nSPS) is 11.7. The number of rotatable bonds is 10. The van der Waals surface area contributed by atoms with Crippen LogP contribution in [0.2, 0.25) is 0 Å². The lowest BCUT2D eigenvalue weighted by Crippen LogP contribution is -2.37. The number of ether oxygens (including phenoxy) is 2. The maximum atomic E-state index is 12.9. The van der Waals surface area contributed by atoms with Crippen LogP contribution in [0.4, 0.5) is 8.78 Å². The fourth-order valence-electron chi connectivity index (χ4n) is 2.52. The van der Waals surface area contributed by atoms with Crippen LogP contribution in [-0.2, 0) is 17.8 Å². The Kier molecular flexibility index (Phi) is 8.67. The molecule has 0 aliphatic carbocycles. The number of nitrogens with zero attached hydrogens (tertiary/aromatic N) is 3. The van der Waals surface area contributed by atoms with Crippen molar-refractivity contribution in [2.45, 2.75) is 33.5 Å². The number of nitrogens with one attached hydrogen (secondary N) is 2. The van der Waals surface area contributed by atoms with Crippen LogP contribution in [0.25, 0.3) is 0 Å². The zero-order chi connectivity index (χ0) is 20.4. The molecule has 0 saturated carbocycles. The van der Waals surface area contributed by atoms with Crippen LogP contribution in [-0.4, -0.2) is 42.4 Å². The van der Waals surface area contributed by atoms with Gasteiger partial charge in [0.25, 0.3) is 0 Å². The first-order valence-corrected chi connectivity index (χ1v) is 9.09. The largest absolute Gasteiger partial charge is 0.491 e. The van der Waals surface area contributed by atoms with E-state index in [0.717, 1.165) is 21.4 Å². The number of guanidine groups is 1. The van der Waals surface area contributed by atoms with Crippen molar-refractivity contribution in [1.82, 2.24) is 20.2 Å². The molecule has 28 heavy (non-hydrogen) atoms. The van der Waals surface area contributed by atoms with Crippen LogP contribution in [0.1, 0.15) is 30.4 Å². The number of benzene rings is 1. The van der Waals surface area contributed by atoms with E-state index >= 15 is 0 Å². The number of hydrogen-bond donors (Lipinski definition) is 2. The van der Waals surface area contributed by atoms with Crippen LogP contribution in [0.3, 0.4) is 0 Å². The van der Waals surface area contributed by atoms with Crippen molar-refractivity contribution in [3.05, 3.63) is 47.5 Å². The SMILES string of the molecule is CCOCCOc1cc(C)ccc1CNC(=NC)NCc1nccn1C(F)F. The van der Waals surface area contributed by atoms with E-state index in [4.69, 9.17) is 9.47 Å². The predicted octanol–water partition coefficient (Wildman–Crippen LogP) is 2.87. The highest BCUT2D eigenvalue weighted by Crippen LogP contribution is 2.20. The Morgan fingerprint density at radius 2 is 2.04 bits per heavy atom. The lowest BCUT2D eigenvalue weighted by molar-refractivity contribution is 0.0668. The second-order valence-electron chi connectivity index (χ2n) is 5.96. The molecule has 2 aromatic rings. The van der Waals surface area contributed by atoms with E-state index < -0.39 is 6.55 Å². The molecule has 2 N–H and O–H groups in total. The average Bonchev–Trinajstić information content (AvgIpc) is 3.15. The third-order valence-electron chi connectivity index (χ3n) is 3.96. The minimum atomic E-state index is -2.63. The molecule has 0 aliphatic heterocycles. The number of aryl methyl sites for hydroxylation is 1. The van der Waals surface area contributed by atoms with Gasteiger partial charge in [-0.3, -0.25) is 9.56 Å². The van der Waals surface area contributed by atoms with Gasteiger partial charge < -0.3 is 20.1 Å². The Labute approximate surface area is 163 Å². The summed E-state index contributed by atoms with van der Waals surface area (Å²) in [5.74, 6) is 1.48. The number of alkyl halides is 2. The molecule has 0 spiro atoms. The highest BCUT2D eigenvalue weighted by Gasteiger charge is 2.12. The average molecular weight is 395 g/mol. The Morgan fingerprint density at radius 1 is 1.25 bits per heavy atom. The molecule has 0 amide bonds. The summed E-state index contributed by atoms with van der Waals surface area (Å²) in [5, 5.41) is 6.15. The molecule has 1 heterocycles. The summed E-state index contributed by atoms with van der Waals surface area (Å²) in [6.07, 6.45) is 2.59. The van der Waals surface area contributed by atoms with Gasteiger partial charge in [0.15, 0.2) is 5.96 Å². The Morgan fingerprint density at radius 3 is 2.75 bits per heavy atom. The summed E-state index contributed by atoms with van der Waals surface area (Å²) in [6, 6.07) is 5.95. The molecular weight excluding hydrogens is 368 g/mol. The van der Waals surface area contributed by atoms with Gasteiger partial charge in [-0.15, -0.1) is 0 Å². The van der Waals surface area contributed by atoms with E-state index in [1.165, 1.54) is 12.4 Å². The Bertz CT molecular complexity index is 765. The zero-order valence-corrected chi connectivity index (χ0v) is 16.4. The molecule has 9 heteroatoms. The van der Waals surface area contributed by atoms with E-state index in [0.29, 0.717) is 32.3 Å². The third-order valence-corrected chi connectivity index (χ3v) is 3.96. The lowest BCUT2D eigenvalue weighted by atomic mass is 10.1. The first-order valence-electron chi connectivity index (χ1n) is 9.09. The zero-order valence-electron chi connectivity index (χ0n) is 16.4. The second kappa shape index (κ2) is 11.2. The summed E-state index contributed by atoms with van der Waals surface area (Å²) >= 11 is 0. The summed E-state index contributed by atoms with van der Waals surface area (Å²) < 4.78 is 37.7. The van der Waals surface area contributed by atoms with Crippen LogP contribution < -0.4 is 15.4 Å². The van der Waals surface area contributed by atoms with Gasteiger partial charge >= 0.3 is 6.55 Å². The van der Waals surface area contributed by atoms with Gasteiger partial charge in [0.1, 0.15) is 18.2 Å². The molecule has 0 fully saturated rings. The number of imidazole rings is 1. The summed E-state index contributed by atoms with van der Waals surface area (Å²) in [6.45, 7) is 3.54. The van der Waals surface area contributed by atoms with Gasteiger partial charge in [-0.25, -0.2) is 4.98 Å². The quantitative estimate of drug-likeness (QED) is 0.368. The van der Waals surface area contributed by atoms with Crippen LogP contribution in [0.15, 0.2) is 35.6 Å².